The number of methoxy groups -OCH3 is 2. The first-order valence-corrected chi connectivity index (χ1v) is 11.1. The number of amides is 1. The summed E-state index contributed by atoms with van der Waals surface area (Å²) < 4.78 is 10.6. The highest BCUT2D eigenvalue weighted by molar-refractivity contribution is 5.95. The zero-order valence-electron chi connectivity index (χ0n) is 19.3. The molecular weight excluding hydrogens is 402 g/mol. The van der Waals surface area contributed by atoms with Crippen molar-refractivity contribution >= 4 is 28.3 Å². The second-order valence-electron chi connectivity index (χ2n) is 8.61. The molecule has 0 unspecified atom stereocenters. The van der Waals surface area contributed by atoms with Crippen LogP contribution in [0.15, 0.2) is 42.5 Å². The Hall–Kier alpha value is -3.28. The fourth-order valence-corrected chi connectivity index (χ4v) is 4.24. The molecule has 0 bridgehead atoms. The van der Waals surface area contributed by atoms with Gasteiger partial charge in [-0.15, -0.1) is 0 Å². The number of aryl methyl sites for hydroxylation is 1. The Labute approximate surface area is 189 Å². The molecular formula is C26H31N3O3. The third-order valence-electron chi connectivity index (χ3n) is 6.21. The Bertz CT molecular complexity index is 1120. The molecule has 1 N–H and O–H groups in total. The molecule has 0 aliphatic carbocycles. The van der Waals surface area contributed by atoms with Crippen molar-refractivity contribution in [1.82, 2.24) is 4.98 Å². The van der Waals surface area contributed by atoms with Gasteiger partial charge in [0.05, 0.1) is 26.2 Å². The van der Waals surface area contributed by atoms with Crippen molar-refractivity contribution in [3.8, 4) is 11.5 Å². The Morgan fingerprint density at radius 3 is 2.53 bits per heavy atom. The van der Waals surface area contributed by atoms with Crippen LogP contribution >= 0.6 is 0 Å². The minimum Gasteiger partial charge on any atom is -0.493 e. The van der Waals surface area contributed by atoms with Crippen molar-refractivity contribution in [2.24, 2.45) is 5.92 Å². The normalized spacial score (nSPS) is 14.4. The summed E-state index contributed by atoms with van der Waals surface area (Å²) in [5.74, 6) is 3.02. The largest absolute Gasteiger partial charge is 0.493 e. The average Bonchev–Trinajstić information content (AvgIpc) is 2.79. The van der Waals surface area contributed by atoms with Gasteiger partial charge in [-0.05, 0) is 73.2 Å². The van der Waals surface area contributed by atoms with Crippen molar-refractivity contribution in [3.05, 3.63) is 53.6 Å². The number of hydrogen-bond donors (Lipinski definition) is 1. The molecule has 6 heteroatoms. The van der Waals surface area contributed by atoms with E-state index >= 15 is 0 Å². The van der Waals surface area contributed by atoms with Crippen LogP contribution in [0.3, 0.4) is 0 Å². The summed E-state index contributed by atoms with van der Waals surface area (Å²) in [6, 6.07) is 13.6. The number of carbonyl (C=O) groups is 1. The summed E-state index contributed by atoms with van der Waals surface area (Å²) in [4.78, 5) is 19.9. The first kappa shape index (κ1) is 21.9. The maximum Gasteiger partial charge on any atom is 0.228 e. The van der Waals surface area contributed by atoms with Crippen LogP contribution in [0, 0.1) is 12.8 Å². The highest BCUT2D eigenvalue weighted by Gasteiger charge is 2.18. The summed E-state index contributed by atoms with van der Waals surface area (Å²) in [5.41, 5.74) is 3.75. The quantitative estimate of drug-likeness (QED) is 0.594. The van der Waals surface area contributed by atoms with Crippen LogP contribution in [0.1, 0.15) is 30.9 Å². The number of fused-ring (bicyclic) bond motifs is 1. The van der Waals surface area contributed by atoms with Gasteiger partial charge in [0.1, 0.15) is 5.82 Å². The molecule has 1 saturated heterocycles. The Morgan fingerprint density at radius 1 is 1.06 bits per heavy atom. The molecule has 2 heterocycles. The number of pyridine rings is 1. The minimum absolute atomic E-state index is 0.0822. The van der Waals surface area contributed by atoms with Gasteiger partial charge in [-0.1, -0.05) is 13.0 Å². The van der Waals surface area contributed by atoms with E-state index in [0.717, 1.165) is 47.0 Å². The maximum absolute atomic E-state index is 12.6. The van der Waals surface area contributed by atoms with Crippen LogP contribution in [0.25, 0.3) is 10.9 Å². The standard InChI is InChI=1S/C26H31N3O3/c1-17-9-11-29(12-10-17)25-13-18(2)21-16-20(6-7-22(21)28-25)27-26(30)15-19-5-8-23(31-3)24(14-19)32-4/h5-8,13-14,16-17H,9-12,15H2,1-4H3,(H,27,30). The topological polar surface area (TPSA) is 63.7 Å². The van der Waals surface area contributed by atoms with Gasteiger partial charge in [-0.3, -0.25) is 4.79 Å². The number of anilines is 2. The molecule has 1 aromatic heterocycles. The van der Waals surface area contributed by atoms with Gasteiger partial charge in [0.25, 0.3) is 0 Å². The van der Waals surface area contributed by atoms with E-state index < -0.39 is 0 Å². The second kappa shape index (κ2) is 9.47. The van der Waals surface area contributed by atoms with Crippen LogP contribution in [-0.2, 0) is 11.2 Å². The number of benzene rings is 2. The lowest BCUT2D eigenvalue weighted by atomic mass is 9.99. The molecule has 0 spiro atoms. The molecule has 0 radical (unpaired) electrons. The van der Waals surface area contributed by atoms with E-state index in [-0.39, 0.29) is 12.3 Å². The van der Waals surface area contributed by atoms with Crippen molar-refractivity contribution in [1.29, 1.82) is 0 Å². The van der Waals surface area contributed by atoms with Gasteiger partial charge in [0, 0.05) is 24.2 Å². The van der Waals surface area contributed by atoms with Crippen molar-refractivity contribution in [2.75, 3.05) is 37.5 Å². The number of nitrogens with one attached hydrogen (secondary N) is 1. The molecule has 168 valence electrons. The second-order valence-corrected chi connectivity index (χ2v) is 8.61. The summed E-state index contributed by atoms with van der Waals surface area (Å²) in [7, 11) is 3.18. The molecule has 1 amide bonds. The molecule has 4 rings (SSSR count). The monoisotopic (exact) mass is 433 g/mol. The van der Waals surface area contributed by atoms with Crippen molar-refractivity contribution in [3.63, 3.8) is 0 Å². The molecule has 0 saturated carbocycles. The molecule has 1 aliphatic rings. The number of hydrogen-bond acceptors (Lipinski definition) is 5. The summed E-state index contributed by atoms with van der Waals surface area (Å²) >= 11 is 0. The lowest BCUT2D eigenvalue weighted by Gasteiger charge is -2.31. The molecule has 3 aromatic rings. The van der Waals surface area contributed by atoms with Gasteiger partial charge in [0.2, 0.25) is 5.91 Å². The predicted octanol–water partition coefficient (Wildman–Crippen LogP) is 4.98. The number of rotatable bonds is 6. The van der Waals surface area contributed by atoms with E-state index in [2.05, 4.69) is 30.1 Å². The number of piperidine rings is 1. The highest BCUT2D eigenvalue weighted by Crippen LogP contribution is 2.29. The van der Waals surface area contributed by atoms with E-state index in [0.29, 0.717) is 11.5 Å². The highest BCUT2D eigenvalue weighted by atomic mass is 16.5. The number of nitrogens with zero attached hydrogens (tertiary/aromatic N) is 2. The summed E-state index contributed by atoms with van der Waals surface area (Å²) in [5, 5.41) is 4.07. The lowest BCUT2D eigenvalue weighted by molar-refractivity contribution is -0.115. The van der Waals surface area contributed by atoms with Gasteiger partial charge < -0.3 is 19.7 Å². The molecule has 32 heavy (non-hydrogen) atoms. The SMILES string of the molecule is COc1ccc(CC(=O)Nc2ccc3nc(N4CCC(C)CC4)cc(C)c3c2)cc1OC. The third-order valence-corrected chi connectivity index (χ3v) is 6.21. The molecule has 2 aromatic carbocycles. The van der Waals surface area contributed by atoms with Crippen molar-refractivity contribution < 1.29 is 14.3 Å². The first-order valence-electron chi connectivity index (χ1n) is 11.1. The number of aromatic nitrogens is 1. The number of carbonyl (C=O) groups excluding carboxylic acids is 1. The van der Waals surface area contributed by atoms with E-state index in [1.54, 1.807) is 14.2 Å². The minimum atomic E-state index is -0.0822. The fourth-order valence-electron chi connectivity index (χ4n) is 4.24. The lowest BCUT2D eigenvalue weighted by Crippen LogP contribution is -2.33. The van der Waals surface area contributed by atoms with E-state index in [4.69, 9.17) is 14.5 Å². The smallest absolute Gasteiger partial charge is 0.228 e. The molecule has 6 nitrogen and oxygen atoms in total. The zero-order valence-corrected chi connectivity index (χ0v) is 19.3. The summed E-state index contributed by atoms with van der Waals surface area (Å²) in [6.45, 7) is 6.54. The molecule has 1 fully saturated rings. The molecule has 0 atom stereocenters. The predicted molar refractivity (Wildman–Crippen MR) is 129 cm³/mol. The average molecular weight is 434 g/mol. The van der Waals surface area contributed by atoms with Gasteiger partial charge in [-0.2, -0.15) is 0 Å². The van der Waals surface area contributed by atoms with Crippen LogP contribution in [0.4, 0.5) is 11.5 Å². The maximum atomic E-state index is 12.6. The van der Waals surface area contributed by atoms with Crippen LogP contribution in [0.5, 0.6) is 11.5 Å². The van der Waals surface area contributed by atoms with Gasteiger partial charge >= 0.3 is 0 Å². The Balaban J connectivity index is 1.48. The van der Waals surface area contributed by atoms with E-state index in [1.165, 1.54) is 18.4 Å². The Kier molecular flexibility index (Phi) is 6.49. The van der Waals surface area contributed by atoms with Crippen LogP contribution in [0.2, 0.25) is 0 Å². The van der Waals surface area contributed by atoms with Gasteiger partial charge in [-0.25, -0.2) is 4.98 Å². The first-order chi connectivity index (χ1) is 15.5. The van der Waals surface area contributed by atoms with E-state index in [9.17, 15) is 4.79 Å². The van der Waals surface area contributed by atoms with E-state index in [1.807, 2.05) is 36.4 Å². The van der Waals surface area contributed by atoms with Gasteiger partial charge in [0.15, 0.2) is 11.5 Å². The molecule has 1 aliphatic heterocycles. The van der Waals surface area contributed by atoms with Crippen LogP contribution in [-0.4, -0.2) is 38.2 Å². The van der Waals surface area contributed by atoms with Crippen LogP contribution < -0.4 is 19.7 Å². The third kappa shape index (κ3) is 4.79. The zero-order chi connectivity index (χ0) is 22.7. The van der Waals surface area contributed by atoms with Crippen molar-refractivity contribution in [2.45, 2.75) is 33.1 Å². The number of ether oxygens (including phenoxy) is 2. The fraction of sp³-hybridized carbons (Fsp3) is 0.385. The summed E-state index contributed by atoms with van der Waals surface area (Å²) in [6.07, 6.45) is 2.68. The Morgan fingerprint density at radius 2 is 1.81 bits per heavy atom.